The minimum absolute atomic E-state index is 0.00829. The van der Waals surface area contributed by atoms with Crippen molar-refractivity contribution in [1.29, 1.82) is 0 Å². The van der Waals surface area contributed by atoms with Crippen molar-refractivity contribution in [2.24, 2.45) is 0 Å². The molecule has 12 aromatic carbocycles. The largest absolute Gasteiger partial charge is 0.450 e. The molecule has 8 bridgehead atoms. The first-order valence-corrected chi connectivity index (χ1v) is 49.5. The SMILES string of the molecule is CCC(C)(C)c1ccc(Oc2c(F)c3c(c(F)c2Oc2ccc(C(C)(C)CC)cc2)-c2nc-3nc3[nH]c(nc4nc(nc5[nH]c(n2)c2c(F)c(Oc6ccc(C(C)(C)CC)cc6)c(Oc6ccc(C(C)(C)CC)cc6)c(F)c52)-c2c(F)c(Oc5ccc(C(C)(C)CC)cc5)c(Oc5ccc(C(C)(C)CC)cc5)c(F)c2-4)c2c(F)c(Oc4ccc(C(C)(C)CC)cc4)c(Oc4ccc(C(C)(C)CC)cc4)c(F)c32)cc1. The highest BCUT2D eigenvalue weighted by molar-refractivity contribution is 6.09. The van der Waals surface area contributed by atoms with Crippen molar-refractivity contribution < 1.29 is 73.0 Å². The van der Waals surface area contributed by atoms with Crippen LogP contribution in [0, 0.1) is 46.5 Å². The summed E-state index contributed by atoms with van der Waals surface area (Å²) >= 11 is 0. The second kappa shape index (κ2) is 38.5. The Bertz CT molecular complexity index is 6760. The highest BCUT2D eigenvalue weighted by Crippen LogP contribution is 2.57. The van der Waals surface area contributed by atoms with Crippen molar-refractivity contribution in [3.63, 3.8) is 0 Å². The van der Waals surface area contributed by atoms with E-state index < -0.39 is 182 Å². The number of ether oxygens (including phenoxy) is 8. The Hall–Kier alpha value is -14.2. The molecule has 15 aromatic rings. The number of H-pyrrole nitrogens is 2. The van der Waals surface area contributed by atoms with Gasteiger partial charge in [-0.2, -0.15) is 0 Å². The number of benzene rings is 12. The molecule has 0 aliphatic carbocycles. The molecule has 2 aliphatic rings. The van der Waals surface area contributed by atoms with E-state index in [0.717, 1.165) is 95.9 Å². The molecule has 0 unspecified atom stereocenters. The lowest BCUT2D eigenvalue weighted by Gasteiger charge is -2.24. The van der Waals surface area contributed by atoms with Gasteiger partial charge in [0.1, 0.15) is 68.6 Å². The summed E-state index contributed by atoms with van der Waals surface area (Å²) < 4.78 is 212. The molecule has 24 heteroatoms. The van der Waals surface area contributed by atoms with Crippen molar-refractivity contribution in [3.8, 4) is 138 Å². The van der Waals surface area contributed by atoms with Crippen LogP contribution in [-0.4, -0.2) is 39.9 Å². The van der Waals surface area contributed by atoms with Gasteiger partial charge in [-0.25, -0.2) is 65.0 Å². The molecule has 0 atom stereocenters. The lowest BCUT2D eigenvalue weighted by Crippen LogP contribution is -2.15. The van der Waals surface area contributed by atoms with Gasteiger partial charge in [0.05, 0.1) is 43.8 Å². The summed E-state index contributed by atoms with van der Waals surface area (Å²) in [5, 5.41) is -3.33. The van der Waals surface area contributed by atoms with Crippen molar-refractivity contribution >= 4 is 44.1 Å². The van der Waals surface area contributed by atoms with Crippen LogP contribution >= 0.6 is 0 Å². The first-order chi connectivity index (χ1) is 68.2. The lowest BCUT2D eigenvalue weighted by molar-refractivity contribution is 0.376. The molecule has 0 fully saturated rings. The molecule has 0 radical (unpaired) electrons. The van der Waals surface area contributed by atoms with Crippen molar-refractivity contribution in [3.05, 3.63) is 285 Å². The van der Waals surface area contributed by atoms with Gasteiger partial charge in [-0.05, 0) is 236 Å². The number of rotatable bonds is 32. The van der Waals surface area contributed by atoms with Crippen LogP contribution in [0.25, 0.3) is 89.7 Å². The van der Waals surface area contributed by atoms with Gasteiger partial charge in [0, 0.05) is 0 Å². The molecule has 0 spiro atoms. The monoisotopic (exact) mass is 1950 g/mol. The molecule has 2 N–H and O–H groups in total. The molecular weight excluding hydrogens is 1830 g/mol. The van der Waals surface area contributed by atoms with Crippen LogP contribution < -0.4 is 37.9 Å². The average molecular weight is 1960 g/mol. The molecule has 17 rings (SSSR count). The first kappa shape index (κ1) is 101. The van der Waals surface area contributed by atoms with E-state index in [1.807, 2.05) is 55.4 Å². The van der Waals surface area contributed by atoms with E-state index in [2.05, 4.69) is 121 Å². The van der Waals surface area contributed by atoms with E-state index in [-0.39, 0.29) is 89.3 Å². The fourth-order valence-electron chi connectivity index (χ4n) is 17.4. The van der Waals surface area contributed by atoms with Gasteiger partial charge >= 0.3 is 0 Å². The maximum Gasteiger partial charge on any atom is 0.209 e. The fraction of sp³-hybridized carbons (Fsp3) is 0.333. The summed E-state index contributed by atoms with van der Waals surface area (Å²) in [4.78, 5) is 35.5. The predicted molar refractivity (Wildman–Crippen MR) is 554 cm³/mol. The number of aromatic amines is 2. The smallest absolute Gasteiger partial charge is 0.209 e. The number of nitrogens with zero attached hydrogens (tertiary/aromatic N) is 6. The van der Waals surface area contributed by atoms with Crippen LogP contribution in [0.15, 0.2) is 194 Å². The Labute approximate surface area is 835 Å². The summed E-state index contributed by atoms with van der Waals surface area (Å²) in [6.45, 7) is 49.1. The number of hydrogen-bond donors (Lipinski definition) is 2. The molecule has 0 saturated heterocycles. The Morgan fingerprint density at radius 3 is 0.417 bits per heavy atom. The van der Waals surface area contributed by atoms with E-state index in [1.165, 1.54) is 0 Å². The predicted octanol–water partition coefficient (Wildman–Crippen LogP) is 35.8. The molecule has 3 aromatic heterocycles. The minimum Gasteiger partial charge on any atom is -0.450 e. The highest BCUT2D eigenvalue weighted by Gasteiger charge is 2.42. The van der Waals surface area contributed by atoms with Crippen LogP contribution in [0.4, 0.5) is 35.1 Å². The van der Waals surface area contributed by atoms with Crippen LogP contribution in [0.1, 0.15) is 262 Å². The number of fused-ring (bicyclic) bond motifs is 20. The topological polar surface area (TPSA) is 183 Å². The maximum atomic E-state index is 19.9. The third-order valence-corrected chi connectivity index (χ3v) is 30.7. The van der Waals surface area contributed by atoms with Crippen LogP contribution in [0.5, 0.6) is 92.0 Å². The Balaban J connectivity index is 1.05. The molecule has 0 saturated carbocycles. The molecule has 0 amide bonds. The second-order valence-corrected chi connectivity index (χ2v) is 42.7. The number of hydrogen-bond acceptors (Lipinski definition) is 14. The highest BCUT2D eigenvalue weighted by atomic mass is 19.2. The Morgan fingerprint density at radius 1 is 0.181 bits per heavy atom. The number of nitrogens with one attached hydrogen (secondary N) is 2. The van der Waals surface area contributed by atoms with Gasteiger partial charge in [-0.1, -0.05) is 263 Å². The summed E-state index contributed by atoms with van der Waals surface area (Å²) in [5.41, 5.74) is -2.35. The normalized spacial score (nSPS) is 12.7. The van der Waals surface area contributed by atoms with E-state index in [0.29, 0.717) is 0 Å². The quantitative estimate of drug-likeness (QED) is 0.0380. The van der Waals surface area contributed by atoms with Gasteiger partial charge < -0.3 is 47.9 Å². The first-order valence-electron chi connectivity index (χ1n) is 49.5. The van der Waals surface area contributed by atoms with Crippen LogP contribution in [-0.2, 0) is 43.3 Å². The zero-order valence-corrected chi connectivity index (χ0v) is 86.1. The van der Waals surface area contributed by atoms with Crippen molar-refractivity contribution in [1.82, 2.24) is 39.9 Å². The average Bonchev–Trinajstić information content (AvgIpc) is 1.55. The lowest BCUT2D eigenvalue weighted by atomic mass is 9.82. The Morgan fingerprint density at radius 2 is 0.299 bits per heavy atom. The number of aromatic nitrogens is 8. The molecule has 2 aliphatic heterocycles. The zero-order valence-electron chi connectivity index (χ0n) is 86.1. The zero-order chi connectivity index (χ0) is 103. The van der Waals surface area contributed by atoms with Gasteiger partial charge in [-0.15, -0.1) is 0 Å². The molecule has 16 nitrogen and oxygen atoms in total. The maximum absolute atomic E-state index is 19.9. The molecule has 5 heterocycles. The third-order valence-electron chi connectivity index (χ3n) is 30.7. The molecular formula is C120H122F8N8O8. The summed E-state index contributed by atoms with van der Waals surface area (Å²) in [6.07, 6.45) is 5.77. The summed E-state index contributed by atoms with van der Waals surface area (Å²) in [7, 11) is 0. The van der Waals surface area contributed by atoms with E-state index in [4.69, 9.17) is 67.8 Å². The van der Waals surface area contributed by atoms with E-state index in [9.17, 15) is 0 Å². The molecule has 746 valence electrons. The summed E-state index contributed by atoms with van der Waals surface area (Å²) in [6, 6.07) is 53.9. The fourth-order valence-corrected chi connectivity index (χ4v) is 17.4. The number of halogens is 8. The standard InChI is InChI=1S/C120H122F8N8O8/c1-25-113(9,10)65-33-49-73(50-34-65)137-97-89(121)81-82(90(122)98(97)138-74-51-35-66(36-52-74)114(11,12)26-2)106-129-105(81)133-107-83-84(92(124)100(140-76-55-39-68(40-56-76)116(15,16)28-4)99(91(83)123)139-75-53-37-67(38-54-75)115(13,14)27-3)109(130-107)135-111-87-88(96(128)104(144-80-63-47-72(48-64-80)120(23,24)32-8)103(95(87)127)143-79-61-45-71(46-62-79)119(21,22)31-7)112(132-111)136-110-86-85(108(131-110)134-106)93(125)101(141-77-57-41-69(42-58-77)117(17,18)29-5)102(94(86)126)142-78-59-43-70(44-60-78)118(19,20)30-6/h33-64H,25-32H2,1-24H3,(H2,129,130,131,132,133,134,135,136). The van der Waals surface area contributed by atoms with Crippen LogP contribution in [0.2, 0.25) is 0 Å². The second-order valence-electron chi connectivity index (χ2n) is 42.7. The van der Waals surface area contributed by atoms with Gasteiger partial charge in [0.2, 0.25) is 46.0 Å². The van der Waals surface area contributed by atoms with Gasteiger partial charge in [0.15, 0.2) is 69.8 Å². The van der Waals surface area contributed by atoms with E-state index in [1.54, 1.807) is 194 Å². The Kier molecular flexibility index (Phi) is 27.1. The minimum atomic E-state index is -1.43. The van der Waals surface area contributed by atoms with Crippen molar-refractivity contribution in [2.75, 3.05) is 0 Å². The van der Waals surface area contributed by atoms with Gasteiger partial charge in [-0.3, -0.25) is 0 Å². The molecule has 144 heavy (non-hydrogen) atoms. The van der Waals surface area contributed by atoms with Crippen LogP contribution in [0.3, 0.4) is 0 Å². The third kappa shape index (κ3) is 18.9. The van der Waals surface area contributed by atoms with Gasteiger partial charge in [0.25, 0.3) is 0 Å². The summed E-state index contributed by atoms with van der Waals surface area (Å²) in [5.74, 6) is -21.9. The van der Waals surface area contributed by atoms with Crippen molar-refractivity contribution in [2.45, 2.75) is 261 Å². The van der Waals surface area contributed by atoms with E-state index >= 15 is 35.1 Å².